The summed E-state index contributed by atoms with van der Waals surface area (Å²) in [5, 5.41) is 9.54. The molecule has 4 heterocycles. The van der Waals surface area contributed by atoms with E-state index in [1.165, 1.54) is 37.8 Å². The number of aromatic nitrogens is 1. The van der Waals surface area contributed by atoms with Crippen LogP contribution in [0.4, 0.5) is 0 Å². The summed E-state index contributed by atoms with van der Waals surface area (Å²) < 4.78 is 16.1. The van der Waals surface area contributed by atoms with Gasteiger partial charge in [-0.2, -0.15) is 0 Å². The van der Waals surface area contributed by atoms with Crippen LogP contribution in [0.1, 0.15) is 0 Å². The topological polar surface area (TPSA) is 22.9 Å². The predicted octanol–water partition coefficient (Wildman–Crippen LogP) is 9.00. The minimum Gasteiger partial charge on any atom is -0.458 e. The van der Waals surface area contributed by atoms with Gasteiger partial charge in [-0.25, -0.2) is 0 Å². The van der Waals surface area contributed by atoms with Gasteiger partial charge in [0.15, 0.2) is 0 Å². The smallest absolute Gasteiger partial charge is 0.260 e. The van der Waals surface area contributed by atoms with Crippen molar-refractivity contribution in [2.75, 3.05) is 0 Å². The van der Waals surface area contributed by atoms with Crippen molar-refractivity contribution >= 4 is 82.7 Å². The Bertz CT molecular complexity index is 2830. The fraction of sp³-hybridized carbons (Fsp3) is 0. The van der Waals surface area contributed by atoms with Crippen LogP contribution in [0.5, 0.6) is 23.0 Å². The van der Waals surface area contributed by atoms with E-state index in [9.17, 15) is 0 Å². The van der Waals surface area contributed by atoms with E-state index >= 15 is 0 Å². The Kier molecular flexibility index (Phi) is 4.66. The molecule has 9 aromatic rings. The van der Waals surface area contributed by atoms with Crippen molar-refractivity contribution in [3.05, 3.63) is 146 Å². The largest absolute Gasteiger partial charge is 0.458 e. The molecule has 0 saturated carbocycles. The molecular formula is C42H24BNO2. The SMILES string of the molecule is c1ccc2c(c1)Oc1cccc3c1B2c1cc2c4ccccc4n4c5ccccc5c5ccccc5c5ccccc5c(c1O3)c24. The van der Waals surface area contributed by atoms with E-state index in [0.29, 0.717) is 0 Å². The molecule has 0 atom stereocenters. The van der Waals surface area contributed by atoms with Gasteiger partial charge >= 0.3 is 0 Å². The predicted molar refractivity (Wildman–Crippen MR) is 191 cm³/mol. The van der Waals surface area contributed by atoms with Gasteiger partial charge in [0.1, 0.15) is 23.0 Å². The van der Waals surface area contributed by atoms with E-state index < -0.39 is 0 Å². The molecule has 7 aromatic carbocycles. The summed E-state index contributed by atoms with van der Waals surface area (Å²) in [6.07, 6.45) is 0. The molecule has 212 valence electrons. The van der Waals surface area contributed by atoms with Gasteiger partial charge in [0, 0.05) is 27.0 Å². The second-order valence-electron chi connectivity index (χ2n) is 12.4. The maximum atomic E-state index is 7.13. The molecule has 0 spiro atoms. The molecule has 2 aliphatic rings. The van der Waals surface area contributed by atoms with Crippen LogP contribution in [-0.4, -0.2) is 11.1 Å². The number of ether oxygens (including phenoxy) is 2. The van der Waals surface area contributed by atoms with Crippen molar-refractivity contribution in [1.82, 2.24) is 4.40 Å². The Morgan fingerprint density at radius 3 is 1.67 bits per heavy atom. The molecule has 0 fully saturated rings. The van der Waals surface area contributed by atoms with E-state index in [4.69, 9.17) is 9.47 Å². The van der Waals surface area contributed by atoms with Crippen LogP contribution in [0.3, 0.4) is 0 Å². The third kappa shape index (κ3) is 3.03. The third-order valence-corrected chi connectivity index (χ3v) is 10.1. The first-order valence-electron chi connectivity index (χ1n) is 15.8. The van der Waals surface area contributed by atoms with Crippen LogP contribution < -0.4 is 25.9 Å². The number of hydrogen-bond donors (Lipinski definition) is 0. The lowest BCUT2D eigenvalue weighted by atomic mass is 9.34. The fourth-order valence-electron chi connectivity index (χ4n) is 8.25. The molecule has 2 aromatic heterocycles. The normalized spacial score (nSPS) is 13.1. The number of hydrogen-bond acceptors (Lipinski definition) is 2. The zero-order valence-corrected chi connectivity index (χ0v) is 24.7. The van der Waals surface area contributed by atoms with Gasteiger partial charge in [-0.15, -0.1) is 0 Å². The second-order valence-corrected chi connectivity index (χ2v) is 12.4. The van der Waals surface area contributed by atoms with Crippen LogP contribution in [0, 0.1) is 0 Å². The van der Waals surface area contributed by atoms with Crippen molar-refractivity contribution in [2.24, 2.45) is 0 Å². The zero-order chi connectivity index (χ0) is 29.9. The average Bonchev–Trinajstić information content (AvgIpc) is 3.45. The van der Waals surface area contributed by atoms with Crippen LogP contribution in [-0.2, 0) is 0 Å². The summed E-state index contributed by atoms with van der Waals surface area (Å²) in [7, 11) is 0. The highest BCUT2D eigenvalue weighted by atomic mass is 16.5. The molecule has 11 rings (SSSR count). The fourth-order valence-corrected chi connectivity index (χ4v) is 8.25. The van der Waals surface area contributed by atoms with Crippen molar-refractivity contribution in [3.8, 4) is 23.0 Å². The van der Waals surface area contributed by atoms with Gasteiger partial charge in [0.25, 0.3) is 6.71 Å². The quantitative estimate of drug-likeness (QED) is 0.166. The summed E-state index contributed by atoms with van der Waals surface area (Å²) in [6.45, 7) is -0.0259. The Hall–Kier alpha value is -6.00. The molecule has 4 heteroatoms. The third-order valence-electron chi connectivity index (χ3n) is 10.1. The molecule has 0 amide bonds. The van der Waals surface area contributed by atoms with Crippen molar-refractivity contribution < 1.29 is 9.47 Å². The van der Waals surface area contributed by atoms with Crippen molar-refractivity contribution in [2.45, 2.75) is 0 Å². The lowest BCUT2D eigenvalue weighted by molar-refractivity contribution is 0.467. The van der Waals surface area contributed by atoms with Gasteiger partial charge in [0.2, 0.25) is 0 Å². The van der Waals surface area contributed by atoms with Crippen LogP contribution in [0.15, 0.2) is 146 Å². The summed E-state index contributed by atoms with van der Waals surface area (Å²) in [5.41, 5.74) is 6.91. The Morgan fingerprint density at radius 2 is 0.935 bits per heavy atom. The second kappa shape index (κ2) is 8.80. The molecule has 0 unspecified atom stereocenters. The minimum absolute atomic E-state index is 0.0259. The summed E-state index contributed by atoms with van der Waals surface area (Å²) in [4.78, 5) is 0. The standard InChI is InChI=1S/C42H24BNO2/c1-2-13-26-25(12-1)27-14-3-4-17-30(27)39-41-31(29-16-6-9-20-35(29)44(41)34-19-8-5-15-28(26)34)24-33-42(39)46-38-23-11-22-37-40(38)43(33)32-18-7-10-21-36(32)45-37/h1-24H. The minimum atomic E-state index is -0.0259. The highest BCUT2D eigenvalue weighted by Gasteiger charge is 2.41. The van der Waals surface area contributed by atoms with E-state index in [1.54, 1.807) is 0 Å². The van der Waals surface area contributed by atoms with Gasteiger partial charge < -0.3 is 13.9 Å². The molecular weight excluding hydrogens is 561 g/mol. The molecule has 0 N–H and O–H groups in total. The lowest BCUT2D eigenvalue weighted by Crippen LogP contribution is -2.57. The van der Waals surface area contributed by atoms with Crippen molar-refractivity contribution in [3.63, 3.8) is 0 Å². The summed E-state index contributed by atoms with van der Waals surface area (Å²) >= 11 is 0. The van der Waals surface area contributed by atoms with E-state index in [2.05, 4.69) is 144 Å². The molecule has 0 radical (unpaired) electrons. The molecule has 46 heavy (non-hydrogen) atoms. The van der Waals surface area contributed by atoms with Crippen LogP contribution in [0.2, 0.25) is 0 Å². The van der Waals surface area contributed by atoms with Gasteiger partial charge in [-0.05, 0) is 62.8 Å². The molecule has 3 nitrogen and oxygen atoms in total. The summed E-state index contributed by atoms with van der Waals surface area (Å²) in [5.74, 6) is 3.51. The maximum Gasteiger partial charge on any atom is 0.260 e. The molecule has 2 aliphatic heterocycles. The Morgan fingerprint density at radius 1 is 0.413 bits per heavy atom. The summed E-state index contributed by atoms with van der Waals surface area (Å²) in [6, 6.07) is 52.3. The van der Waals surface area contributed by atoms with E-state index in [-0.39, 0.29) is 6.71 Å². The van der Waals surface area contributed by atoms with E-state index in [1.807, 2.05) is 6.07 Å². The molecule has 0 bridgehead atoms. The lowest BCUT2D eigenvalue weighted by Gasteiger charge is -2.33. The van der Waals surface area contributed by atoms with Gasteiger partial charge in [-0.1, -0.05) is 115 Å². The van der Waals surface area contributed by atoms with Gasteiger partial charge in [-0.3, -0.25) is 0 Å². The number of fused-ring (bicyclic) bond motifs is 15. The number of para-hydroxylation sites is 3. The van der Waals surface area contributed by atoms with Crippen LogP contribution in [0.25, 0.3) is 59.6 Å². The van der Waals surface area contributed by atoms with Crippen molar-refractivity contribution in [1.29, 1.82) is 0 Å². The van der Waals surface area contributed by atoms with Gasteiger partial charge in [0.05, 0.1) is 16.6 Å². The first-order chi connectivity index (χ1) is 22.8. The van der Waals surface area contributed by atoms with Crippen LogP contribution >= 0.6 is 0 Å². The highest BCUT2D eigenvalue weighted by Crippen LogP contribution is 2.45. The first-order valence-corrected chi connectivity index (χ1v) is 15.8. The number of nitrogens with zero attached hydrogens (tertiary/aromatic N) is 1. The monoisotopic (exact) mass is 585 g/mol. The molecule has 0 aliphatic carbocycles. The average molecular weight is 585 g/mol. The maximum absolute atomic E-state index is 7.13. The molecule has 0 saturated heterocycles. The zero-order valence-electron chi connectivity index (χ0n) is 24.7. The first kappa shape index (κ1) is 24.3. The Labute approximate surface area is 264 Å². The highest BCUT2D eigenvalue weighted by molar-refractivity contribution is 6.98. The number of rotatable bonds is 0. The number of benzene rings is 7. The van der Waals surface area contributed by atoms with E-state index in [0.717, 1.165) is 61.2 Å². The Balaban J connectivity index is 1.49.